The van der Waals surface area contributed by atoms with Gasteiger partial charge in [0.2, 0.25) is 0 Å². The number of esters is 1. The molecule has 0 amide bonds. The monoisotopic (exact) mass is 222 g/mol. The molecule has 2 rings (SSSR count). The minimum absolute atomic E-state index is 0.0274. The molecule has 1 fully saturated rings. The molecule has 0 N–H and O–H groups in total. The summed E-state index contributed by atoms with van der Waals surface area (Å²) in [6.07, 6.45) is -0.0274. The summed E-state index contributed by atoms with van der Waals surface area (Å²) >= 11 is 0. The third-order valence-corrected chi connectivity index (χ3v) is 2.52. The molecule has 1 heterocycles. The molecule has 1 unspecified atom stereocenters. The quantitative estimate of drug-likeness (QED) is 0.712. The number of ether oxygens (including phenoxy) is 3. The first-order valence-corrected chi connectivity index (χ1v) is 5.19. The van der Waals surface area contributed by atoms with Crippen LogP contribution in [0.2, 0.25) is 0 Å². The van der Waals surface area contributed by atoms with Crippen molar-refractivity contribution in [3.05, 3.63) is 35.4 Å². The smallest absolute Gasteiger partial charge is 0.337 e. The van der Waals surface area contributed by atoms with Gasteiger partial charge in [0.15, 0.2) is 0 Å². The molecule has 0 bridgehead atoms. The van der Waals surface area contributed by atoms with Crippen molar-refractivity contribution in [1.29, 1.82) is 0 Å². The van der Waals surface area contributed by atoms with Gasteiger partial charge in [-0.2, -0.15) is 0 Å². The summed E-state index contributed by atoms with van der Waals surface area (Å²) in [4.78, 5) is 11.2. The van der Waals surface area contributed by atoms with Crippen molar-refractivity contribution >= 4 is 5.97 Å². The van der Waals surface area contributed by atoms with Gasteiger partial charge in [-0.1, -0.05) is 12.1 Å². The zero-order chi connectivity index (χ0) is 11.4. The maximum atomic E-state index is 11.2. The predicted molar refractivity (Wildman–Crippen MR) is 57.3 cm³/mol. The van der Waals surface area contributed by atoms with Gasteiger partial charge in [0.25, 0.3) is 0 Å². The number of hydrogen-bond donors (Lipinski definition) is 0. The topological polar surface area (TPSA) is 44.8 Å². The first kappa shape index (κ1) is 11.1. The van der Waals surface area contributed by atoms with Crippen LogP contribution in [0.1, 0.15) is 22.0 Å². The van der Waals surface area contributed by atoms with Gasteiger partial charge in [0, 0.05) is 0 Å². The molecular formula is C12H14O4. The molecule has 4 nitrogen and oxygen atoms in total. The lowest BCUT2D eigenvalue weighted by Crippen LogP contribution is -2.21. The van der Waals surface area contributed by atoms with Crippen LogP contribution in [0.4, 0.5) is 0 Å². The van der Waals surface area contributed by atoms with Crippen molar-refractivity contribution in [2.45, 2.75) is 6.10 Å². The maximum Gasteiger partial charge on any atom is 0.337 e. The summed E-state index contributed by atoms with van der Waals surface area (Å²) in [6.45, 7) is 1.83. The minimum Gasteiger partial charge on any atom is -0.465 e. The van der Waals surface area contributed by atoms with Crippen LogP contribution in [0.3, 0.4) is 0 Å². The van der Waals surface area contributed by atoms with Gasteiger partial charge in [0.1, 0.15) is 6.10 Å². The first-order chi connectivity index (χ1) is 7.81. The van der Waals surface area contributed by atoms with E-state index in [2.05, 4.69) is 4.74 Å². The van der Waals surface area contributed by atoms with Gasteiger partial charge in [-0.15, -0.1) is 0 Å². The second kappa shape index (κ2) is 5.09. The van der Waals surface area contributed by atoms with Crippen LogP contribution in [0.25, 0.3) is 0 Å². The van der Waals surface area contributed by atoms with E-state index >= 15 is 0 Å². The number of rotatable bonds is 2. The van der Waals surface area contributed by atoms with Gasteiger partial charge in [-0.25, -0.2) is 4.79 Å². The molecule has 86 valence electrons. The van der Waals surface area contributed by atoms with Crippen molar-refractivity contribution in [2.75, 3.05) is 26.9 Å². The Morgan fingerprint density at radius 2 is 2.06 bits per heavy atom. The highest BCUT2D eigenvalue weighted by Crippen LogP contribution is 2.21. The third-order valence-electron chi connectivity index (χ3n) is 2.52. The van der Waals surface area contributed by atoms with Crippen molar-refractivity contribution in [3.63, 3.8) is 0 Å². The Morgan fingerprint density at radius 3 is 2.62 bits per heavy atom. The fourth-order valence-electron chi connectivity index (χ4n) is 1.63. The Kier molecular flexibility index (Phi) is 3.54. The fourth-order valence-corrected chi connectivity index (χ4v) is 1.63. The molecule has 0 radical (unpaired) electrons. The lowest BCUT2D eigenvalue weighted by atomic mass is 10.1. The van der Waals surface area contributed by atoms with E-state index in [0.29, 0.717) is 25.4 Å². The zero-order valence-electron chi connectivity index (χ0n) is 9.14. The summed E-state index contributed by atoms with van der Waals surface area (Å²) in [5.74, 6) is -0.327. The average molecular weight is 222 g/mol. The molecule has 0 spiro atoms. The van der Waals surface area contributed by atoms with Gasteiger partial charge in [-0.3, -0.25) is 0 Å². The van der Waals surface area contributed by atoms with E-state index in [9.17, 15) is 4.79 Å². The molecule has 1 atom stereocenters. The van der Waals surface area contributed by atoms with Crippen LogP contribution >= 0.6 is 0 Å². The van der Waals surface area contributed by atoms with E-state index < -0.39 is 0 Å². The van der Waals surface area contributed by atoms with Crippen LogP contribution in [0.5, 0.6) is 0 Å². The SMILES string of the molecule is COC(=O)c1ccc(C2COCCO2)cc1. The van der Waals surface area contributed by atoms with E-state index in [-0.39, 0.29) is 12.1 Å². The molecule has 0 aliphatic carbocycles. The molecule has 1 saturated heterocycles. The fraction of sp³-hybridized carbons (Fsp3) is 0.417. The molecule has 0 saturated carbocycles. The van der Waals surface area contributed by atoms with Crippen LogP contribution in [0, 0.1) is 0 Å². The molecule has 16 heavy (non-hydrogen) atoms. The Bertz CT molecular complexity index is 352. The van der Waals surface area contributed by atoms with Crippen molar-refractivity contribution in [3.8, 4) is 0 Å². The van der Waals surface area contributed by atoms with E-state index in [1.165, 1.54) is 7.11 Å². The number of methoxy groups -OCH3 is 1. The second-order valence-electron chi connectivity index (χ2n) is 3.55. The second-order valence-corrected chi connectivity index (χ2v) is 3.55. The largest absolute Gasteiger partial charge is 0.465 e. The summed E-state index contributed by atoms with van der Waals surface area (Å²) in [6, 6.07) is 7.20. The van der Waals surface area contributed by atoms with E-state index in [0.717, 1.165) is 5.56 Å². The normalized spacial score (nSPS) is 20.4. The van der Waals surface area contributed by atoms with E-state index in [4.69, 9.17) is 9.47 Å². The molecule has 1 aliphatic heterocycles. The van der Waals surface area contributed by atoms with Crippen LogP contribution in [0.15, 0.2) is 24.3 Å². The summed E-state index contributed by atoms with van der Waals surface area (Å²) in [7, 11) is 1.37. The lowest BCUT2D eigenvalue weighted by Gasteiger charge is -2.23. The number of carbonyl (C=O) groups excluding carboxylic acids is 1. The number of hydrogen-bond acceptors (Lipinski definition) is 4. The van der Waals surface area contributed by atoms with Gasteiger partial charge in [-0.05, 0) is 17.7 Å². The summed E-state index contributed by atoms with van der Waals surface area (Å²) in [5, 5.41) is 0. The molecule has 1 aliphatic rings. The highest BCUT2D eigenvalue weighted by molar-refractivity contribution is 5.89. The van der Waals surface area contributed by atoms with Gasteiger partial charge in [0.05, 0.1) is 32.5 Å². The van der Waals surface area contributed by atoms with E-state index in [1.807, 2.05) is 12.1 Å². The van der Waals surface area contributed by atoms with Crippen LogP contribution < -0.4 is 0 Å². The number of benzene rings is 1. The van der Waals surface area contributed by atoms with Crippen LogP contribution in [-0.4, -0.2) is 32.9 Å². The molecule has 0 aromatic heterocycles. The molecular weight excluding hydrogens is 208 g/mol. The molecule has 1 aromatic rings. The molecule has 1 aromatic carbocycles. The summed E-state index contributed by atoms with van der Waals surface area (Å²) < 4.78 is 15.5. The highest BCUT2D eigenvalue weighted by Gasteiger charge is 2.16. The number of carbonyl (C=O) groups is 1. The van der Waals surface area contributed by atoms with Crippen molar-refractivity contribution in [2.24, 2.45) is 0 Å². The maximum absolute atomic E-state index is 11.2. The Hall–Kier alpha value is -1.39. The van der Waals surface area contributed by atoms with Crippen molar-refractivity contribution < 1.29 is 19.0 Å². The predicted octanol–water partition coefficient (Wildman–Crippen LogP) is 1.56. The minimum atomic E-state index is -0.327. The highest BCUT2D eigenvalue weighted by atomic mass is 16.6. The molecule has 4 heteroatoms. The van der Waals surface area contributed by atoms with Gasteiger partial charge < -0.3 is 14.2 Å². The third kappa shape index (κ3) is 2.40. The summed E-state index contributed by atoms with van der Waals surface area (Å²) in [5.41, 5.74) is 1.57. The van der Waals surface area contributed by atoms with Crippen LogP contribution in [-0.2, 0) is 14.2 Å². The Balaban J connectivity index is 2.09. The average Bonchev–Trinajstić information content (AvgIpc) is 2.39. The zero-order valence-corrected chi connectivity index (χ0v) is 9.14. The standard InChI is InChI=1S/C12H14O4/c1-14-12(13)10-4-2-9(3-5-10)11-8-15-6-7-16-11/h2-5,11H,6-8H2,1H3. The van der Waals surface area contributed by atoms with Crippen molar-refractivity contribution in [1.82, 2.24) is 0 Å². The lowest BCUT2D eigenvalue weighted by molar-refractivity contribution is -0.0901. The first-order valence-electron chi connectivity index (χ1n) is 5.19. The van der Waals surface area contributed by atoms with Gasteiger partial charge >= 0.3 is 5.97 Å². The Labute approximate surface area is 94.1 Å². The Morgan fingerprint density at radius 1 is 1.31 bits per heavy atom. The van der Waals surface area contributed by atoms with E-state index in [1.54, 1.807) is 12.1 Å².